The van der Waals surface area contributed by atoms with E-state index < -0.39 is 18.0 Å². The molecule has 0 aromatic carbocycles. The molecule has 1 aliphatic heterocycles. The van der Waals surface area contributed by atoms with Gasteiger partial charge in [-0.2, -0.15) is 0 Å². The number of hydrogen-bond acceptors (Lipinski definition) is 4. The summed E-state index contributed by atoms with van der Waals surface area (Å²) in [5.74, 6) is -0.571. The van der Waals surface area contributed by atoms with E-state index in [0.29, 0.717) is 19.6 Å². The number of rotatable bonds is 0. The molecule has 3 aliphatic rings. The van der Waals surface area contributed by atoms with Crippen molar-refractivity contribution in [2.75, 3.05) is 13.2 Å². The summed E-state index contributed by atoms with van der Waals surface area (Å²) in [6, 6.07) is 0. The number of fused-ring (bicyclic) bond motifs is 2. The second-order valence-electron chi connectivity index (χ2n) is 5.59. The van der Waals surface area contributed by atoms with Gasteiger partial charge >= 0.3 is 0 Å². The van der Waals surface area contributed by atoms with Crippen molar-refractivity contribution in [2.24, 2.45) is 5.41 Å². The summed E-state index contributed by atoms with van der Waals surface area (Å²) in [5.41, 5.74) is 0.892. The Morgan fingerprint density at radius 3 is 2.71 bits per heavy atom. The largest absolute Gasteiger partial charge is 0.390 e. The third kappa shape index (κ3) is 1.51. The Kier molecular flexibility index (Phi) is 2.60. The van der Waals surface area contributed by atoms with E-state index in [1.807, 2.05) is 0 Å². The third-order valence-electron chi connectivity index (χ3n) is 4.64. The number of hydrogen-bond donors (Lipinski definition) is 2. The monoisotopic (exact) mass is 240 g/mol. The summed E-state index contributed by atoms with van der Waals surface area (Å²) < 4.78 is 11.8. The second kappa shape index (κ2) is 3.79. The Balaban J connectivity index is 2.02. The van der Waals surface area contributed by atoms with Gasteiger partial charge in [0.05, 0.1) is 25.4 Å². The van der Waals surface area contributed by atoms with Crippen molar-refractivity contribution in [3.05, 3.63) is 11.6 Å². The molecular formula is C13H20O4. The zero-order valence-electron chi connectivity index (χ0n) is 10.2. The highest BCUT2D eigenvalue weighted by Gasteiger charge is 2.58. The van der Waals surface area contributed by atoms with Crippen molar-refractivity contribution in [3.8, 4) is 0 Å². The van der Waals surface area contributed by atoms with E-state index in [9.17, 15) is 10.2 Å². The lowest BCUT2D eigenvalue weighted by Gasteiger charge is -2.52. The van der Waals surface area contributed by atoms with Crippen LogP contribution in [0.4, 0.5) is 0 Å². The van der Waals surface area contributed by atoms with Gasteiger partial charge in [-0.3, -0.25) is 0 Å². The fourth-order valence-corrected chi connectivity index (χ4v) is 3.64. The van der Waals surface area contributed by atoms with Gasteiger partial charge in [0, 0.05) is 11.8 Å². The molecule has 0 aromatic heterocycles. The van der Waals surface area contributed by atoms with Crippen molar-refractivity contribution in [1.82, 2.24) is 0 Å². The van der Waals surface area contributed by atoms with Gasteiger partial charge in [-0.15, -0.1) is 0 Å². The normalized spacial score (nSPS) is 44.5. The maximum absolute atomic E-state index is 9.92. The first-order valence-corrected chi connectivity index (χ1v) is 6.43. The molecule has 1 saturated carbocycles. The molecule has 2 N–H and O–H groups in total. The van der Waals surface area contributed by atoms with Gasteiger partial charge in [0.1, 0.15) is 0 Å². The molecule has 96 valence electrons. The van der Waals surface area contributed by atoms with Crippen LogP contribution >= 0.6 is 0 Å². The Morgan fingerprint density at radius 2 is 2.00 bits per heavy atom. The quantitative estimate of drug-likeness (QED) is 0.619. The Bertz CT molecular complexity index is 345. The molecule has 0 aromatic rings. The van der Waals surface area contributed by atoms with Crippen LogP contribution in [0.15, 0.2) is 11.6 Å². The Hall–Kier alpha value is -0.420. The van der Waals surface area contributed by atoms with E-state index >= 15 is 0 Å². The minimum atomic E-state index is -0.741. The molecule has 4 nitrogen and oxygen atoms in total. The molecular weight excluding hydrogens is 220 g/mol. The van der Waals surface area contributed by atoms with E-state index in [4.69, 9.17) is 9.47 Å². The first kappa shape index (κ1) is 11.7. The third-order valence-corrected chi connectivity index (χ3v) is 4.64. The highest BCUT2D eigenvalue weighted by molar-refractivity contribution is 5.27. The summed E-state index contributed by atoms with van der Waals surface area (Å²) in [6.45, 7) is 3.35. The molecule has 4 heteroatoms. The van der Waals surface area contributed by atoms with Crippen molar-refractivity contribution in [3.63, 3.8) is 0 Å². The molecule has 0 amide bonds. The molecule has 2 fully saturated rings. The van der Waals surface area contributed by atoms with Crippen LogP contribution in [0.5, 0.6) is 0 Å². The molecule has 3 rings (SSSR count). The van der Waals surface area contributed by atoms with Gasteiger partial charge in [0.2, 0.25) is 0 Å². The number of aliphatic hydroxyl groups excluding tert-OH is 2. The molecule has 0 radical (unpaired) electrons. The maximum Gasteiger partial charge on any atom is 0.177 e. The van der Waals surface area contributed by atoms with Gasteiger partial charge in [-0.1, -0.05) is 18.6 Å². The molecule has 0 bridgehead atoms. The van der Waals surface area contributed by atoms with Crippen LogP contribution in [-0.4, -0.2) is 41.4 Å². The van der Waals surface area contributed by atoms with Crippen molar-refractivity contribution >= 4 is 0 Å². The van der Waals surface area contributed by atoms with E-state index in [-0.39, 0.29) is 5.41 Å². The minimum absolute atomic E-state index is 0.291. The molecule has 1 heterocycles. The maximum atomic E-state index is 9.92. The zero-order chi connectivity index (χ0) is 12.1. The average Bonchev–Trinajstić information content (AvgIpc) is 2.74. The lowest BCUT2D eigenvalue weighted by molar-refractivity contribution is -0.245. The standard InChI is InChI=1S/C13H20O4/c1-12-8-11(15)10(14)7-9(12)3-2-4-13(12)16-5-6-17-13/h7,10-11,14-15H,2-6,8H2,1H3/t10?,11?,12-/m0/s1. The molecule has 2 unspecified atom stereocenters. The van der Waals surface area contributed by atoms with Gasteiger partial charge in [0.25, 0.3) is 0 Å². The van der Waals surface area contributed by atoms with Gasteiger partial charge in [0.15, 0.2) is 5.79 Å². The average molecular weight is 240 g/mol. The molecule has 1 saturated heterocycles. The topological polar surface area (TPSA) is 58.9 Å². The summed E-state index contributed by atoms with van der Waals surface area (Å²) >= 11 is 0. The zero-order valence-corrected chi connectivity index (χ0v) is 10.2. The van der Waals surface area contributed by atoms with E-state index in [1.54, 1.807) is 6.08 Å². The molecule has 17 heavy (non-hydrogen) atoms. The lowest BCUT2D eigenvalue weighted by atomic mass is 9.61. The summed E-state index contributed by atoms with van der Waals surface area (Å²) in [6.07, 6.45) is 3.73. The number of ether oxygens (including phenoxy) is 2. The molecule has 1 spiro atoms. The van der Waals surface area contributed by atoms with Crippen LogP contribution in [0.25, 0.3) is 0 Å². The SMILES string of the molecule is C[C@]12CC(O)C(O)C=C1CCCC21OCCO1. The highest BCUT2D eigenvalue weighted by Crippen LogP contribution is 2.56. The van der Waals surface area contributed by atoms with Gasteiger partial charge in [-0.05, 0) is 19.3 Å². The smallest absolute Gasteiger partial charge is 0.177 e. The predicted molar refractivity (Wildman–Crippen MR) is 61.3 cm³/mol. The molecule has 3 atom stereocenters. The predicted octanol–water partition coefficient (Wildman–Crippen LogP) is 0.972. The summed E-state index contributed by atoms with van der Waals surface area (Å²) in [5, 5.41) is 19.7. The lowest BCUT2D eigenvalue weighted by Crippen LogP contribution is -2.55. The van der Waals surface area contributed by atoms with E-state index in [0.717, 1.165) is 19.3 Å². The first-order valence-electron chi connectivity index (χ1n) is 6.43. The Labute approximate surface area is 101 Å². The van der Waals surface area contributed by atoms with E-state index in [2.05, 4.69) is 6.92 Å². The van der Waals surface area contributed by atoms with Crippen LogP contribution in [0.3, 0.4) is 0 Å². The van der Waals surface area contributed by atoms with Crippen LogP contribution in [-0.2, 0) is 9.47 Å². The van der Waals surface area contributed by atoms with Crippen molar-refractivity contribution in [1.29, 1.82) is 0 Å². The van der Waals surface area contributed by atoms with Crippen LogP contribution in [0.2, 0.25) is 0 Å². The van der Waals surface area contributed by atoms with Gasteiger partial charge in [-0.25, -0.2) is 0 Å². The van der Waals surface area contributed by atoms with Crippen LogP contribution < -0.4 is 0 Å². The van der Waals surface area contributed by atoms with Crippen LogP contribution in [0.1, 0.15) is 32.6 Å². The second-order valence-corrected chi connectivity index (χ2v) is 5.59. The summed E-state index contributed by atoms with van der Waals surface area (Å²) in [7, 11) is 0. The van der Waals surface area contributed by atoms with E-state index in [1.165, 1.54) is 5.57 Å². The highest BCUT2D eigenvalue weighted by atomic mass is 16.7. The fraction of sp³-hybridized carbons (Fsp3) is 0.846. The van der Waals surface area contributed by atoms with Gasteiger partial charge < -0.3 is 19.7 Å². The van der Waals surface area contributed by atoms with Crippen molar-refractivity contribution < 1.29 is 19.7 Å². The summed E-state index contributed by atoms with van der Waals surface area (Å²) in [4.78, 5) is 0. The molecule has 2 aliphatic carbocycles. The number of aliphatic hydroxyl groups is 2. The van der Waals surface area contributed by atoms with Crippen molar-refractivity contribution in [2.45, 2.75) is 50.6 Å². The minimum Gasteiger partial charge on any atom is -0.390 e. The Morgan fingerprint density at radius 1 is 1.29 bits per heavy atom. The first-order chi connectivity index (χ1) is 8.07. The van der Waals surface area contributed by atoms with Crippen LogP contribution in [0, 0.1) is 5.41 Å². The fourth-order valence-electron chi connectivity index (χ4n) is 3.64.